The molecule has 1 aliphatic rings. The Morgan fingerprint density at radius 2 is 1.95 bits per heavy atom. The van der Waals surface area contributed by atoms with Crippen molar-refractivity contribution in [3.8, 4) is 0 Å². The normalized spacial score (nSPS) is 23.7. The van der Waals surface area contributed by atoms with Gasteiger partial charge in [0, 0.05) is 25.2 Å². The zero-order valence-electron chi connectivity index (χ0n) is 13.2. The van der Waals surface area contributed by atoms with Crippen LogP contribution in [0, 0.1) is 5.92 Å². The van der Waals surface area contributed by atoms with E-state index in [9.17, 15) is 5.11 Å². The van der Waals surface area contributed by atoms with Crippen LogP contribution in [0.1, 0.15) is 59.3 Å². The van der Waals surface area contributed by atoms with Gasteiger partial charge in [0.05, 0.1) is 6.61 Å². The first-order chi connectivity index (χ1) is 9.26. The Hall–Kier alpha value is -0.120. The molecule has 2 atom stereocenters. The number of nitrogens with one attached hydrogen (secondary N) is 1. The van der Waals surface area contributed by atoms with Crippen LogP contribution in [0.5, 0.6) is 0 Å². The molecule has 0 aliphatic heterocycles. The highest BCUT2D eigenvalue weighted by molar-refractivity contribution is 4.86. The number of nitrogens with zero attached hydrogens (tertiary/aromatic N) is 1. The lowest BCUT2D eigenvalue weighted by Gasteiger charge is -2.34. The smallest absolute Gasteiger partial charge is 0.0558 e. The van der Waals surface area contributed by atoms with Gasteiger partial charge in [-0.1, -0.05) is 27.2 Å². The number of rotatable bonds is 10. The summed E-state index contributed by atoms with van der Waals surface area (Å²) in [5, 5.41) is 13.0. The van der Waals surface area contributed by atoms with Crippen molar-refractivity contribution in [2.45, 2.75) is 71.4 Å². The van der Waals surface area contributed by atoms with Crippen LogP contribution >= 0.6 is 0 Å². The molecule has 1 aliphatic carbocycles. The van der Waals surface area contributed by atoms with Crippen molar-refractivity contribution in [2.75, 3.05) is 26.2 Å². The molecule has 3 nitrogen and oxygen atoms in total. The Labute approximate surface area is 119 Å². The van der Waals surface area contributed by atoms with Crippen LogP contribution in [0.25, 0.3) is 0 Å². The molecule has 0 aromatic carbocycles. The second kappa shape index (κ2) is 9.73. The molecule has 1 rings (SSSR count). The average Bonchev–Trinajstić information content (AvgIpc) is 2.85. The van der Waals surface area contributed by atoms with E-state index < -0.39 is 0 Å². The first-order valence-electron chi connectivity index (χ1n) is 8.35. The topological polar surface area (TPSA) is 35.5 Å². The van der Waals surface area contributed by atoms with E-state index >= 15 is 0 Å². The summed E-state index contributed by atoms with van der Waals surface area (Å²) in [7, 11) is 0. The molecule has 2 unspecified atom stereocenters. The van der Waals surface area contributed by atoms with Gasteiger partial charge in [0.1, 0.15) is 0 Å². The van der Waals surface area contributed by atoms with E-state index in [1.54, 1.807) is 0 Å². The van der Waals surface area contributed by atoms with Gasteiger partial charge in [-0.3, -0.25) is 4.90 Å². The monoisotopic (exact) mass is 270 g/mol. The van der Waals surface area contributed by atoms with Crippen molar-refractivity contribution >= 4 is 0 Å². The van der Waals surface area contributed by atoms with E-state index in [-0.39, 0.29) is 6.61 Å². The summed E-state index contributed by atoms with van der Waals surface area (Å²) < 4.78 is 0. The Morgan fingerprint density at radius 1 is 1.21 bits per heavy atom. The molecule has 19 heavy (non-hydrogen) atoms. The lowest BCUT2D eigenvalue weighted by atomic mass is 10.0. The van der Waals surface area contributed by atoms with E-state index in [4.69, 9.17) is 0 Å². The van der Waals surface area contributed by atoms with Gasteiger partial charge < -0.3 is 10.4 Å². The zero-order chi connectivity index (χ0) is 14.1. The third kappa shape index (κ3) is 5.41. The fourth-order valence-electron chi connectivity index (χ4n) is 3.51. The van der Waals surface area contributed by atoms with Gasteiger partial charge in [0.15, 0.2) is 0 Å². The maximum atomic E-state index is 9.30. The van der Waals surface area contributed by atoms with Crippen LogP contribution in [-0.2, 0) is 0 Å². The lowest BCUT2D eigenvalue weighted by molar-refractivity contribution is 0.118. The molecular weight excluding hydrogens is 236 g/mol. The van der Waals surface area contributed by atoms with Crippen molar-refractivity contribution in [3.05, 3.63) is 0 Å². The summed E-state index contributed by atoms with van der Waals surface area (Å²) >= 11 is 0. The number of aliphatic hydroxyl groups is 1. The predicted octanol–water partition coefficient (Wildman–Crippen LogP) is 2.64. The van der Waals surface area contributed by atoms with Crippen LogP contribution in [0.3, 0.4) is 0 Å². The van der Waals surface area contributed by atoms with Gasteiger partial charge in [-0.05, 0) is 44.6 Å². The third-order valence-corrected chi connectivity index (χ3v) is 4.63. The molecule has 114 valence electrons. The van der Waals surface area contributed by atoms with E-state index in [0.29, 0.717) is 12.1 Å². The Bertz CT molecular complexity index is 219. The van der Waals surface area contributed by atoms with Crippen molar-refractivity contribution in [1.82, 2.24) is 10.2 Å². The summed E-state index contributed by atoms with van der Waals surface area (Å²) in [5.74, 6) is 0.777. The fraction of sp³-hybridized carbons (Fsp3) is 1.00. The number of hydrogen-bond acceptors (Lipinski definition) is 3. The van der Waals surface area contributed by atoms with Gasteiger partial charge in [-0.15, -0.1) is 0 Å². The summed E-state index contributed by atoms with van der Waals surface area (Å²) in [5.41, 5.74) is 0. The standard InChI is InChI=1S/C16H34N2O/c1-4-10-17-16-9-7-8-14(16)13-18(11-12-19)15(5-2)6-3/h14-17,19H,4-13H2,1-3H3. The van der Waals surface area contributed by atoms with Crippen LogP contribution in [0.2, 0.25) is 0 Å². The number of hydrogen-bond donors (Lipinski definition) is 2. The van der Waals surface area contributed by atoms with Crippen LogP contribution in [0.15, 0.2) is 0 Å². The Kier molecular flexibility index (Phi) is 8.67. The maximum Gasteiger partial charge on any atom is 0.0558 e. The quantitative estimate of drug-likeness (QED) is 0.640. The van der Waals surface area contributed by atoms with Crippen LogP contribution < -0.4 is 5.32 Å². The first kappa shape index (κ1) is 16.9. The summed E-state index contributed by atoms with van der Waals surface area (Å²) in [4.78, 5) is 2.52. The second-order valence-electron chi connectivity index (χ2n) is 5.94. The Morgan fingerprint density at radius 3 is 2.53 bits per heavy atom. The van der Waals surface area contributed by atoms with Gasteiger partial charge in [0.25, 0.3) is 0 Å². The molecule has 0 aromatic heterocycles. The minimum Gasteiger partial charge on any atom is -0.395 e. The van der Waals surface area contributed by atoms with Crippen LogP contribution in [0.4, 0.5) is 0 Å². The molecule has 0 heterocycles. The molecule has 0 aromatic rings. The molecule has 3 heteroatoms. The molecule has 1 saturated carbocycles. The summed E-state index contributed by atoms with van der Waals surface area (Å²) in [6.45, 7) is 10.2. The molecule has 0 amide bonds. The van der Waals surface area contributed by atoms with Gasteiger partial charge in [-0.25, -0.2) is 0 Å². The fourth-order valence-corrected chi connectivity index (χ4v) is 3.51. The summed E-state index contributed by atoms with van der Waals surface area (Å²) in [6.07, 6.45) is 7.65. The molecule has 0 radical (unpaired) electrons. The van der Waals surface area contributed by atoms with E-state index in [2.05, 4.69) is 31.0 Å². The van der Waals surface area contributed by atoms with Crippen molar-refractivity contribution in [3.63, 3.8) is 0 Å². The zero-order valence-corrected chi connectivity index (χ0v) is 13.2. The van der Waals surface area contributed by atoms with Crippen molar-refractivity contribution < 1.29 is 5.11 Å². The third-order valence-electron chi connectivity index (χ3n) is 4.63. The van der Waals surface area contributed by atoms with E-state index in [0.717, 1.165) is 25.6 Å². The van der Waals surface area contributed by atoms with E-state index in [1.807, 2.05) is 0 Å². The highest BCUT2D eigenvalue weighted by atomic mass is 16.3. The lowest BCUT2D eigenvalue weighted by Crippen LogP contribution is -2.44. The minimum atomic E-state index is 0.288. The minimum absolute atomic E-state index is 0.288. The average molecular weight is 270 g/mol. The molecule has 2 N–H and O–H groups in total. The number of aliphatic hydroxyl groups excluding tert-OH is 1. The van der Waals surface area contributed by atoms with Gasteiger partial charge in [0.2, 0.25) is 0 Å². The molecule has 1 fully saturated rings. The molecular formula is C16H34N2O. The van der Waals surface area contributed by atoms with Crippen molar-refractivity contribution in [1.29, 1.82) is 0 Å². The Balaban J connectivity index is 2.51. The highest BCUT2D eigenvalue weighted by Gasteiger charge is 2.29. The van der Waals surface area contributed by atoms with Gasteiger partial charge >= 0.3 is 0 Å². The highest BCUT2D eigenvalue weighted by Crippen LogP contribution is 2.27. The predicted molar refractivity (Wildman–Crippen MR) is 82.5 cm³/mol. The van der Waals surface area contributed by atoms with Gasteiger partial charge in [-0.2, -0.15) is 0 Å². The summed E-state index contributed by atoms with van der Waals surface area (Å²) in [6, 6.07) is 1.34. The molecule has 0 spiro atoms. The van der Waals surface area contributed by atoms with Crippen molar-refractivity contribution in [2.24, 2.45) is 5.92 Å². The first-order valence-corrected chi connectivity index (χ1v) is 8.35. The maximum absolute atomic E-state index is 9.30. The van der Waals surface area contributed by atoms with Crippen LogP contribution in [-0.4, -0.2) is 48.3 Å². The molecule has 0 bridgehead atoms. The second-order valence-corrected chi connectivity index (χ2v) is 5.94. The van der Waals surface area contributed by atoms with E-state index in [1.165, 1.54) is 38.5 Å². The largest absolute Gasteiger partial charge is 0.395 e. The SMILES string of the molecule is CCCNC1CCCC1CN(CCO)C(CC)CC. The molecule has 0 saturated heterocycles.